The average Bonchev–Trinajstić information content (AvgIpc) is 3.21. The van der Waals surface area contributed by atoms with E-state index in [0.717, 1.165) is 33.6 Å². The SMILES string of the molecule is COc1ccc(C2NC(C)=C(C(=O)Nc3cccc(C(=O)O)c3)N2)cc1-c1c(C)cccc1C. The molecule has 7 nitrogen and oxygen atoms in total. The van der Waals surface area contributed by atoms with Crippen LogP contribution in [-0.2, 0) is 4.79 Å². The highest BCUT2D eigenvalue weighted by Gasteiger charge is 2.27. The minimum Gasteiger partial charge on any atom is -0.496 e. The molecule has 1 aliphatic rings. The Labute approximate surface area is 198 Å². The lowest BCUT2D eigenvalue weighted by molar-refractivity contribution is -0.113. The molecule has 3 aromatic carbocycles. The van der Waals surface area contributed by atoms with Crippen molar-refractivity contribution in [3.8, 4) is 16.9 Å². The van der Waals surface area contributed by atoms with Crippen LogP contribution in [0.3, 0.4) is 0 Å². The highest BCUT2D eigenvalue weighted by molar-refractivity contribution is 6.04. The van der Waals surface area contributed by atoms with Gasteiger partial charge in [-0.25, -0.2) is 4.79 Å². The lowest BCUT2D eigenvalue weighted by atomic mass is 9.93. The van der Waals surface area contributed by atoms with Crippen LogP contribution in [-0.4, -0.2) is 24.1 Å². The van der Waals surface area contributed by atoms with Gasteiger partial charge in [-0.2, -0.15) is 0 Å². The molecule has 4 N–H and O–H groups in total. The molecule has 0 aliphatic carbocycles. The molecule has 0 fully saturated rings. The summed E-state index contributed by atoms with van der Waals surface area (Å²) in [6.45, 7) is 5.98. The Morgan fingerprint density at radius 1 is 0.941 bits per heavy atom. The van der Waals surface area contributed by atoms with Crippen LogP contribution in [0.25, 0.3) is 11.1 Å². The number of aromatic carboxylic acids is 1. The van der Waals surface area contributed by atoms with Crippen LogP contribution in [0.5, 0.6) is 5.75 Å². The van der Waals surface area contributed by atoms with Crippen molar-refractivity contribution in [2.75, 3.05) is 12.4 Å². The Kier molecular flexibility index (Phi) is 6.27. The third kappa shape index (κ3) is 4.45. The first-order valence-electron chi connectivity index (χ1n) is 10.9. The van der Waals surface area contributed by atoms with Crippen LogP contribution in [0.2, 0.25) is 0 Å². The van der Waals surface area contributed by atoms with Gasteiger partial charge in [0.15, 0.2) is 0 Å². The number of ether oxygens (including phenoxy) is 1. The van der Waals surface area contributed by atoms with E-state index in [2.05, 4.69) is 48.0 Å². The molecule has 1 heterocycles. The lowest BCUT2D eigenvalue weighted by Crippen LogP contribution is -2.27. The molecule has 7 heteroatoms. The molecule has 1 amide bonds. The fourth-order valence-corrected chi connectivity index (χ4v) is 4.24. The van der Waals surface area contributed by atoms with Crippen molar-refractivity contribution >= 4 is 17.6 Å². The molecule has 0 saturated carbocycles. The van der Waals surface area contributed by atoms with Gasteiger partial charge in [0.25, 0.3) is 5.91 Å². The fourth-order valence-electron chi connectivity index (χ4n) is 4.24. The predicted octanol–water partition coefficient (Wildman–Crippen LogP) is 4.74. The van der Waals surface area contributed by atoms with E-state index < -0.39 is 5.97 Å². The number of carbonyl (C=O) groups excluding carboxylic acids is 1. The van der Waals surface area contributed by atoms with Gasteiger partial charge in [-0.3, -0.25) is 4.79 Å². The van der Waals surface area contributed by atoms with Crippen LogP contribution in [0.15, 0.2) is 72.1 Å². The first-order chi connectivity index (χ1) is 16.3. The third-order valence-electron chi connectivity index (χ3n) is 5.93. The van der Waals surface area contributed by atoms with E-state index in [4.69, 9.17) is 4.74 Å². The smallest absolute Gasteiger partial charge is 0.335 e. The quantitative estimate of drug-likeness (QED) is 0.427. The Bertz CT molecular complexity index is 1290. The summed E-state index contributed by atoms with van der Waals surface area (Å²) in [4.78, 5) is 24.1. The van der Waals surface area contributed by atoms with Crippen molar-refractivity contribution in [3.63, 3.8) is 0 Å². The predicted molar refractivity (Wildman–Crippen MR) is 132 cm³/mol. The molecular formula is C27H27N3O4. The first kappa shape index (κ1) is 22.9. The van der Waals surface area contributed by atoms with E-state index in [1.807, 2.05) is 25.1 Å². The molecule has 4 rings (SSSR count). The standard InChI is InChI=1S/C27H27N3O4/c1-15-7-5-8-16(2)23(15)21-14-18(11-12-22(21)34-4)25-28-17(3)24(30-25)26(31)29-20-10-6-9-19(13-20)27(32)33/h5-14,25,28,30H,1-4H3,(H,29,31)(H,32,33). The van der Waals surface area contributed by atoms with Crippen LogP contribution in [0, 0.1) is 13.8 Å². The highest BCUT2D eigenvalue weighted by Crippen LogP contribution is 2.37. The van der Waals surface area contributed by atoms with Gasteiger partial charge < -0.3 is 25.8 Å². The van der Waals surface area contributed by atoms with E-state index in [1.54, 1.807) is 19.2 Å². The molecule has 1 aliphatic heterocycles. The van der Waals surface area contributed by atoms with E-state index >= 15 is 0 Å². The summed E-state index contributed by atoms with van der Waals surface area (Å²) in [5.41, 5.74) is 6.99. The first-order valence-corrected chi connectivity index (χ1v) is 10.9. The van der Waals surface area contributed by atoms with Crippen LogP contribution in [0.4, 0.5) is 5.69 Å². The largest absolute Gasteiger partial charge is 0.496 e. The monoisotopic (exact) mass is 457 g/mol. The van der Waals surface area contributed by atoms with Gasteiger partial charge in [0.1, 0.15) is 17.6 Å². The maximum absolute atomic E-state index is 12.9. The van der Waals surface area contributed by atoms with Gasteiger partial charge in [0, 0.05) is 16.9 Å². The van der Waals surface area contributed by atoms with Crippen molar-refractivity contribution in [2.45, 2.75) is 26.9 Å². The van der Waals surface area contributed by atoms with Crippen LogP contribution < -0.4 is 20.7 Å². The highest BCUT2D eigenvalue weighted by atomic mass is 16.5. The van der Waals surface area contributed by atoms with E-state index in [1.165, 1.54) is 12.1 Å². The van der Waals surface area contributed by atoms with Gasteiger partial charge in [-0.15, -0.1) is 0 Å². The topological polar surface area (TPSA) is 99.7 Å². The third-order valence-corrected chi connectivity index (χ3v) is 5.93. The van der Waals surface area contributed by atoms with Crippen molar-refractivity contribution in [2.24, 2.45) is 0 Å². The van der Waals surface area contributed by atoms with Crippen molar-refractivity contribution in [1.29, 1.82) is 0 Å². The van der Waals surface area contributed by atoms with Crippen molar-refractivity contribution < 1.29 is 19.4 Å². The summed E-state index contributed by atoms with van der Waals surface area (Å²) in [6, 6.07) is 18.3. The Morgan fingerprint density at radius 3 is 2.32 bits per heavy atom. The second-order valence-electron chi connectivity index (χ2n) is 8.29. The summed E-state index contributed by atoms with van der Waals surface area (Å²) in [5.74, 6) is -0.620. The van der Waals surface area contributed by atoms with E-state index in [9.17, 15) is 14.7 Å². The number of carboxylic acids is 1. The average molecular weight is 458 g/mol. The molecule has 174 valence electrons. The van der Waals surface area contributed by atoms with Gasteiger partial charge in [0.2, 0.25) is 0 Å². The number of allylic oxidation sites excluding steroid dienone is 1. The molecule has 1 atom stereocenters. The van der Waals surface area contributed by atoms with Gasteiger partial charge in [-0.05, 0) is 73.4 Å². The number of hydrogen-bond acceptors (Lipinski definition) is 5. The van der Waals surface area contributed by atoms with Crippen LogP contribution in [0.1, 0.15) is 40.1 Å². The number of hydrogen-bond donors (Lipinski definition) is 4. The zero-order chi connectivity index (χ0) is 24.4. The molecule has 0 saturated heterocycles. The van der Waals surface area contributed by atoms with Crippen LogP contribution >= 0.6 is 0 Å². The molecule has 0 radical (unpaired) electrons. The second-order valence-corrected chi connectivity index (χ2v) is 8.29. The molecule has 0 spiro atoms. The summed E-state index contributed by atoms with van der Waals surface area (Å²) in [5, 5.41) is 18.5. The van der Waals surface area contributed by atoms with Gasteiger partial charge in [0.05, 0.1) is 12.7 Å². The molecule has 3 aromatic rings. The van der Waals surface area contributed by atoms with Crippen molar-refractivity contribution in [1.82, 2.24) is 10.6 Å². The molecule has 34 heavy (non-hydrogen) atoms. The normalized spacial score (nSPS) is 14.9. The molecule has 1 unspecified atom stereocenters. The Hall–Kier alpha value is -4.26. The summed E-state index contributed by atoms with van der Waals surface area (Å²) in [6.07, 6.45) is -0.305. The summed E-state index contributed by atoms with van der Waals surface area (Å²) >= 11 is 0. The minimum absolute atomic E-state index is 0.108. The summed E-state index contributed by atoms with van der Waals surface area (Å²) < 4.78 is 5.64. The molecule has 0 bridgehead atoms. The maximum atomic E-state index is 12.9. The zero-order valence-corrected chi connectivity index (χ0v) is 19.5. The Morgan fingerprint density at radius 2 is 1.65 bits per heavy atom. The number of carboxylic acid groups (broad SMARTS) is 1. The fraction of sp³-hybridized carbons (Fsp3) is 0.185. The number of nitrogens with one attached hydrogen (secondary N) is 3. The number of aryl methyl sites for hydroxylation is 2. The van der Waals surface area contributed by atoms with Gasteiger partial charge >= 0.3 is 5.97 Å². The van der Waals surface area contributed by atoms with Gasteiger partial charge in [-0.1, -0.05) is 30.3 Å². The molecular weight excluding hydrogens is 430 g/mol. The zero-order valence-electron chi connectivity index (χ0n) is 19.5. The number of amides is 1. The molecule has 0 aromatic heterocycles. The number of benzene rings is 3. The lowest BCUT2D eigenvalue weighted by Gasteiger charge is -2.19. The minimum atomic E-state index is -1.05. The number of anilines is 1. The maximum Gasteiger partial charge on any atom is 0.335 e. The number of carbonyl (C=O) groups is 2. The summed E-state index contributed by atoms with van der Waals surface area (Å²) in [7, 11) is 1.66. The van der Waals surface area contributed by atoms with Crippen molar-refractivity contribution in [3.05, 3.63) is 94.3 Å². The Balaban J connectivity index is 1.58. The van der Waals surface area contributed by atoms with E-state index in [0.29, 0.717) is 17.1 Å². The number of rotatable bonds is 6. The second kappa shape index (κ2) is 9.31. The van der Waals surface area contributed by atoms with E-state index in [-0.39, 0.29) is 17.6 Å². The number of methoxy groups -OCH3 is 1.